The van der Waals surface area contributed by atoms with E-state index in [9.17, 15) is 4.79 Å². The van der Waals surface area contributed by atoms with E-state index in [1.807, 2.05) is 49.1 Å². The Morgan fingerprint density at radius 2 is 1.95 bits per heavy atom. The first-order valence-corrected chi connectivity index (χ1v) is 7.25. The molecule has 0 aromatic heterocycles. The van der Waals surface area contributed by atoms with Crippen molar-refractivity contribution in [2.24, 2.45) is 11.7 Å². The third-order valence-electron chi connectivity index (χ3n) is 3.42. The molecule has 1 aromatic carbocycles. The smallest absolute Gasteiger partial charge is 0.227 e. The van der Waals surface area contributed by atoms with Crippen LogP contribution in [0.25, 0.3) is 0 Å². The van der Waals surface area contributed by atoms with Crippen molar-refractivity contribution >= 4 is 5.91 Å². The van der Waals surface area contributed by atoms with E-state index in [0.29, 0.717) is 25.9 Å². The van der Waals surface area contributed by atoms with Crippen LogP contribution in [0.2, 0.25) is 0 Å². The number of nitrogens with zero attached hydrogens (tertiary/aromatic N) is 1. The molecule has 4 heteroatoms. The van der Waals surface area contributed by atoms with Gasteiger partial charge in [-0.2, -0.15) is 0 Å². The van der Waals surface area contributed by atoms with Gasteiger partial charge in [0.2, 0.25) is 5.91 Å². The van der Waals surface area contributed by atoms with E-state index < -0.39 is 0 Å². The van der Waals surface area contributed by atoms with E-state index in [0.717, 1.165) is 5.56 Å². The lowest BCUT2D eigenvalue weighted by Gasteiger charge is -2.30. The Bertz CT molecular complexity index is 393. The Kier molecular flexibility index (Phi) is 7.26. The Balaban J connectivity index is 2.73. The van der Waals surface area contributed by atoms with Crippen LogP contribution in [0.1, 0.15) is 25.8 Å². The third-order valence-corrected chi connectivity index (χ3v) is 3.42. The zero-order valence-corrected chi connectivity index (χ0v) is 12.5. The van der Waals surface area contributed by atoms with Crippen LogP contribution in [-0.2, 0) is 11.2 Å². The summed E-state index contributed by atoms with van der Waals surface area (Å²) in [6.45, 7) is 5.01. The Morgan fingerprint density at radius 1 is 1.30 bits per heavy atom. The molecule has 4 nitrogen and oxygen atoms in total. The van der Waals surface area contributed by atoms with E-state index in [1.165, 1.54) is 0 Å². The van der Waals surface area contributed by atoms with Gasteiger partial charge >= 0.3 is 0 Å². The molecule has 0 saturated heterocycles. The fourth-order valence-corrected chi connectivity index (χ4v) is 2.27. The highest BCUT2D eigenvalue weighted by atomic mass is 16.3. The van der Waals surface area contributed by atoms with Gasteiger partial charge < -0.3 is 15.7 Å². The monoisotopic (exact) mass is 278 g/mol. The molecule has 0 radical (unpaired) electrons. The van der Waals surface area contributed by atoms with Crippen molar-refractivity contribution in [2.75, 3.05) is 19.7 Å². The molecule has 1 atom stereocenters. The second-order valence-electron chi connectivity index (χ2n) is 5.32. The van der Waals surface area contributed by atoms with Crippen molar-refractivity contribution in [3.05, 3.63) is 35.9 Å². The van der Waals surface area contributed by atoms with Crippen molar-refractivity contribution in [3.8, 4) is 0 Å². The largest absolute Gasteiger partial charge is 0.396 e. The van der Waals surface area contributed by atoms with Crippen molar-refractivity contribution < 1.29 is 9.90 Å². The van der Waals surface area contributed by atoms with Gasteiger partial charge in [-0.25, -0.2) is 0 Å². The predicted octanol–water partition coefficient (Wildman–Crippen LogP) is 1.42. The minimum Gasteiger partial charge on any atom is -0.396 e. The SMILES string of the molecule is CC(C)N(CCCO)C(=O)C(CN)Cc1ccccc1. The second-order valence-corrected chi connectivity index (χ2v) is 5.32. The van der Waals surface area contributed by atoms with Crippen LogP contribution in [0.4, 0.5) is 0 Å². The average Bonchev–Trinajstić information content (AvgIpc) is 2.45. The summed E-state index contributed by atoms with van der Waals surface area (Å²) < 4.78 is 0. The molecule has 0 heterocycles. The molecule has 20 heavy (non-hydrogen) atoms. The van der Waals surface area contributed by atoms with Gasteiger partial charge in [-0.05, 0) is 32.3 Å². The molecule has 0 saturated carbocycles. The van der Waals surface area contributed by atoms with E-state index in [-0.39, 0.29) is 24.5 Å². The van der Waals surface area contributed by atoms with Crippen molar-refractivity contribution in [3.63, 3.8) is 0 Å². The topological polar surface area (TPSA) is 66.6 Å². The third kappa shape index (κ3) is 4.94. The summed E-state index contributed by atoms with van der Waals surface area (Å²) in [6.07, 6.45) is 1.27. The number of hydrogen-bond acceptors (Lipinski definition) is 3. The number of rotatable bonds is 8. The fraction of sp³-hybridized carbons (Fsp3) is 0.562. The van der Waals surface area contributed by atoms with Gasteiger partial charge in [-0.15, -0.1) is 0 Å². The maximum atomic E-state index is 12.6. The van der Waals surface area contributed by atoms with Gasteiger partial charge in [0.15, 0.2) is 0 Å². The molecule has 0 bridgehead atoms. The number of aliphatic hydroxyl groups excluding tert-OH is 1. The van der Waals surface area contributed by atoms with E-state index in [4.69, 9.17) is 10.8 Å². The number of hydrogen-bond donors (Lipinski definition) is 2. The molecule has 112 valence electrons. The van der Waals surface area contributed by atoms with Crippen LogP contribution in [0, 0.1) is 5.92 Å². The zero-order chi connectivity index (χ0) is 15.0. The van der Waals surface area contributed by atoms with Crippen molar-refractivity contribution in [1.82, 2.24) is 4.90 Å². The van der Waals surface area contributed by atoms with Crippen LogP contribution in [-0.4, -0.2) is 41.7 Å². The summed E-state index contributed by atoms with van der Waals surface area (Å²) in [6, 6.07) is 10.1. The average molecular weight is 278 g/mol. The van der Waals surface area contributed by atoms with Crippen molar-refractivity contribution in [1.29, 1.82) is 0 Å². The highest BCUT2D eigenvalue weighted by molar-refractivity contribution is 5.79. The van der Waals surface area contributed by atoms with Gasteiger partial charge in [0.25, 0.3) is 0 Å². The highest BCUT2D eigenvalue weighted by Crippen LogP contribution is 2.13. The van der Waals surface area contributed by atoms with Gasteiger partial charge in [0, 0.05) is 25.7 Å². The fourth-order valence-electron chi connectivity index (χ4n) is 2.27. The number of benzene rings is 1. The Labute approximate surface area is 121 Å². The normalized spacial score (nSPS) is 12.4. The number of carbonyl (C=O) groups excluding carboxylic acids is 1. The predicted molar refractivity (Wildman–Crippen MR) is 81.2 cm³/mol. The van der Waals surface area contributed by atoms with Crippen LogP contribution in [0.15, 0.2) is 30.3 Å². The summed E-state index contributed by atoms with van der Waals surface area (Å²) in [7, 11) is 0. The zero-order valence-electron chi connectivity index (χ0n) is 12.5. The minimum atomic E-state index is -0.196. The Hall–Kier alpha value is -1.39. The second kappa shape index (κ2) is 8.72. The Morgan fingerprint density at radius 3 is 2.45 bits per heavy atom. The molecule has 0 aliphatic rings. The molecule has 0 aliphatic heterocycles. The first-order valence-electron chi connectivity index (χ1n) is 7.25. The number of amides is 1. The quantitative estimate of drug-likeness (QED) is 0.756. The molecular formula is C16H26N2O2. The number of aliphatic hydroxyl groups is 1. The van der Waals surface area contributed by atoms with Gasteiger partial charge in [-0.1, -0.05) is 30.3 Å². The van der Waals surface area contributed by atoms with Gasteiger partial charge in [0.1, 0.15) is 0 Å². The molecule has 0 spiro atoms. The number of carbonyl (C=O) groups is 1. The molecule has 0 aliphatic carbocycles. The lowest BCUT2D eigenvalue weighted by atomic mass is 9.97. The standard InChI is InChI=1S/C16H26N2O2/c1-13(2)18(9-6-10-19)16(20)15(12-17)11-14-7-4-3-5-8-14/h3-5,7-8,13,15,19H,6,9-12,17H2,1-2H3. The van der Waals surface area contributed by atoms with Gasteiger partial charge in [0.05, 0.1) is 5.92 Å². The molecule has 1 unspecified atom stereocenters. The molecular weight excluding hydrogens is 252 g/mol. The van der Waals surface area contributed by atoms with Crippen molar-refractivity contribution in [2.45, 2.75) is 32.7 Å². The summed E-state index contributed by atoms with van der Waals surface area (Å²) in [4.78, 5) is 14.4. The van der Waals surface area contributed by atoms with E-state index in [1.54, 1.807) is 0 Å². The van der Waals surface area contributed by atoms with E-state index >= 15 is 0 Å². The summed E-state index contributed by atoms with van der Waals surface area (Å²) in [5.41, 5.74) is 6.92. The maximum absolute atomic E-state index is 12.6. The lowest BCUT2D eigenvalue weighted by Crippen LogP contribution is -2.44. The highest BCUT2D eigenvalue weighted by Gasteiger charge is 2.24. The van der Waals surface area contributed by atoms with Crippen LogP contribution in [0.5, 0.6) is 0 Å². The maximum Gasteiger partial charge on any atom is 0.227 e. The molecule has 3 N–H and O–H groups in total. The van der Waals surface area contributed by atoms with Crippen LogP contribution >= 0.6 is 0 Å². The minimum absolute atomic E-state index is 0.0832. The van der Waals surface area contributed by atoms with E-state index in [2.05, 4.69) is 0 Å². The summed E-state index contributed by atoms with van der Waals surface area (Å²) in [5, 5.41) is 8.95. The summed E-state index contributed by atoms with van der Waals surface area (Å²) in [5.74, 6) is -0.113. The molecule has 1 rings (SSSR count). The summed E-state index contributed by atoms with van der Waals surface area (Å²) >= 11 is 0. The number of nitrogens with two attached hydrogens (primary N) is 1. The van der Waals surface area contributed by atoms with Crippen LogP contribution in [0.3, 0.4) is 0 Å². The molecule has 1 amide bonds. The first kappa shape index (κ1) is 16.7. The van der Waals surface area contributed by atoms with Crippen LogP contribution < -0.4 is 5.73 Å². The van der Waals surface area contributed by atoms with Gasteiger partial charge in [-0.3, -0.25) is 4.79 Å². The molecule has 0 fully saturated rings. The first-order chi connectivity index (χ1) is 9.60. The lowest BCUT2D eigenvalue weighted by molar-refractivity contribution is -0.137. The molecule has 1 aromatic rings.